The third-order valence-corrected chi connectivity index (χ3v) is 2.41. The van der Waals surface area contributed by atoms with Gasteiger partial charge in [0.05, 0.1) is 5.69 Å². The van der Waals surface area contributed by atoms with E-state index in [2.05, 4.69) is 20.5 Å². The second-order valence-corrected chi connectivity index (χ2v) is 3.95. The first-order valence-electron chi connectivity index (χ1n) is 5.66. The van der Waals surface area contributed by atoms with Gasteiger partial charge in [-0.05, 0) is 19.9 Å². The van der Waals surface area contributed by atoms with Gasteiger partial charge in [-0.25, -0.2) is 0 Å². The molecule has 0 radical (unpaired) electrons. The van der Waals surface area contributed by atoms with E-state index in [0.717, 1.165) is 0 Å². The molecule has 2 aromatic heterocycles. The van der Waals surface area contributed by atoms with Crippen molar-refractivity contribution in [3.8, 4) is 0 Å². The third kappa shape index (κ3) is 2.78. The van der Waals surface area contributed by atoms with Gasteiger partial charge in [0.1, 0.15) is 5.69 Å². The van der Waals surface area contributed by atoms with Crippen LogP contribution in [0, 0.1) is 6.92 Å². The van der Waals surface area contributed by atoms with Crippen LogP contribution in [0.4, 0.5) is 19.1 Å². The summed E-state index contributed by atoms with van der Waals surface area (Å²) in [4.78, 5) is 15.1. The van der Waals surface area contributed by atoms with Gasteiger partial charge in [0.25, 0.3) is 5.91 Å². The summed E-state index contributed by atoms with van der Waals surface area (Å²) >= 11 is 0. The minimum absolute atomic E-state index is 0.225. The van der Waals surface area contributed by atoms with E-state index in [4.69, 9.17) is 0 Å². The SMILES string of the molecule is CCn1nc(C)cc1C(=O)Nc1n[nH]c(C(F)(F)F)n1. The number of carbonyl (C=O) groups is 1. The maximum absolute atomic E-state index is 12.3. The molecule has 2 heterocycles. The van der Waals surface area contributed by atoms with E-state index < -0.39 is 23.9 Å². The minimum atomic E-state index is -4.64. The van der Waals surface area contributed by atoms with Gasteiger partial charge in [0, 0.05) is 6.54 Å². The van der Waals surface area contributed by atoms with E-state index in [1.54, 1.807) is 18.9 Å². The summed E-state index contributed by atoms with van der Waals surface area (Å²) in [5.41, 5.74) is 0.853. The van der Waals surface area contributed by atoms with E-state index in [1.807, 2.05) is 0 Å². The molecule has 2 N–H and O–H groups in total. The molecular weight excluding hydrogens is 277 g/mol. The highest BCUT2D eigenvalue weighted by Crippen LogP contribution is 2.26. The van der Waals surface area contributed by atoms with Crippen LogP contribution in [0.5, 0.6) is 0 Å². The molecule has 0 saturated carbocycles. The van der Waals surface area contributed by atoms with Crippen molar-refractivity contribution >= 4 is 11.9 Å². The normalized spacial score (nSPS) is 11.7. The monoisotopic (exact) mass is 288 g/mol. The van der Waals surface area contributed by atoms with Crippen LogP contribution < -0.4 is 5.32 Å². The quantitative estimate of drug-likeness (QED) is 0.897. The number of aryl methyl sites for hydroxylation is 2. The Hall–Kier alpha value is -2.39. The molecule has 20 heavy (non-hydrogen) atoms. The van der Waals surface area contributed by atoms with Gasteiger partial charge in [-0.3, -0.25) is 19.9 Å². The first-order valence-corrected chi connectivity index (χ1v) is 5.66. The Morgan fingerprint density at radius 3 is 2.75 bits per heavy atom. The minimum Gasteiger partial charge on any atom is -0.288 e. The molecule has 108 valence electrons. The van der Waals surface area contributed by atoms with Crippen LogP contribution in [0.1, 0.15) is 28.9 Å². The molecule has 1 amide bonds. The van der Waals surface area contributed by atoms with Crippen LogP contribution in [-0.2, 0) is 12.7 Å². The second-order valence-electron chi connectivity index (χ2n) is 3.95. The van der Waals surface area contributed by atoms with Crippen molar-refractivity contribution < 1.29 is 18.0 Å². The summed E-state index contributed by atoms with van der Waals surface area (Å²) in [7, 11) is 0. The number of hydrogen-bond donors (Lipinski definition) is 2. The van der Waals surface area contributed by atoms with Crippen LogP contribution in [0.15, 0.2) is 6.07 Å². The number of H-pyrrole nitrogens is 1. The van der Waals surface area contributed by atoms with Gasteiger partial charge in [0.15, 0.2) is 0 Å². The number of anilines is 1. The van der Waals surface area contributed by atoms with Crippen molar-refractivity contribution in [2.45, 2.75) is 26.6 Å². The molecule has 0 aliphatic heterocycles. The lowest BCUT2D eigenvalue weighted by Gasteiger charge is -2.03. The lowest BCUT2D eigenvalue weighted by molar-refractivity contribution is -0.144. The predicted octanol–water partition coefficient (Wildman–Crippen LogP) is 1.60. The molecule has 0 aliphatic carbocycles. The fourth-order valence-corrected chi connectivity index (χ4v) is 1.58. The third-order valence-electron chi connectivity index (χ3n) is 2.41. The molecule has 2 aromatic rings. The lowest BCUT2D eigenvalue weighted by Crippen LogP contribution is -2.18. The van der Waals surface area contributed by atoms with Gasteiger partial charge in [-0.1, -0.05) is 0 Å². The molecule has 0 fully saturated rings. The average molecular weight is 288 g/mol. The van der Waals surface area contributed by atoms with Crippen molar-refractivity contribution in [1.29, 1.82) is 0 Å². The molecule has 0 unspecified atom stereocenters. The topological polar surface area (TPSA) is 88.5 Å². The zero-order valence-electron chi connectivity index (χ0n) is 10.6. The molecular formula is C10H11F3N6O. The zero-order valence-corrected chi connectivity index (χ0v) is 10.6. The van der Waals surface area contributed by atoms with Crippen LogP contribution in [0.2, 0.25) is 0 Å². The molecule has 2 rings (SSSR count). The van der Waals surface area contributed by atoms with E-state index in [9.17, 15) is 18.0 Å². The first-order chi connectivity index (χ1) is 9.31. The number of aromatic nitrogens is 5. The zero-order chi connectivity index (χ0) is 14.9. The Balaban J connectivity index is 2.17. The number of rotatable bonds is 3. The summed E-state index contributed by atoms with van der Waals surface area (Å²) < 4.78 is 38.4. The van der Waals surface area contributed by atoms with Crippen LogP contribution in [-0.4, -0.2) is 30.9 Å². The number of carbonyl (C=O) groups excluding carboxylic acids is 1. The Morgan fingerprint density at radius 1 is 1.50 bits per heavy atom. The summed E-state index contributed by atoms with van der Waals surface area (Å²) in [6.07, 6.45) is -4.64. The van der Waals surface area contributed by atoms with E-state index in [0.29, 0.717) is 12.2 Å². The maximum Gasteiger partial charge on any atom is 0.451 e. The van der Waals surface area contributed by atoms with Gasteiger partial charge < -0.3 is 0 Å². The van der Waals surface area contributed by atoms with E-state index >= 15 is 0 Å². The Kier molecular flexibility index (Phi) is 3.47. The Labute approximate surface area is 111 Å². The van der Waals surface area contributed by atoms with E-state index in [1.165, 1.54) is 10.7 Å². The van der Waals surface area contributed by atoms with Gasteiger partial charge in [-0.2, -0.15) is 23.3 Å². The van der Waals surface area contributed by atoms with Gasteiger partial charge in [0.2, 0.25) is 11.8 Å². The number of halogens is 3. The lowest BCUT2D eigenvalue weighted by atomic mass is 10.3. The molecule has 0 atom stereocenters. The summed E-state index contributed by atoms with van der Waals surface area (Å²) in [6.45, 7) is 3.95. The van der Waals surface area contributed by atoms with Crippen molar-refractivity contribution in [3.63, 3.8) is 0 Å². The van der Waals surface area contributed by atoms with Crippen molar-refractivity contribution in [3.05, 3.63) is 23.3 Å². The maximum atomic E-state index is 12.3. The van der Waals surface area contributed by atoms with E-state index in [-0.39, 0.29) is 5.69 Å². The summed E-state index contributed by atoms with van der Waals surface area (Å²) in [6, 6.07) is 1.52. The summed E-state index contributed by atoms with van der Waals surface area (Å²) in [5, 5.41) is 11.3. The number of nitrogens with zero attached hydrogens (tertiary/aromatic N) is 4. The highest BCUT2D eigenvalue weighted by molar-refractivity contribution is 6.02. The smallest absolute Gasteiger partial charge is 0.288 e. The highest BCUT2D eigenvalue weighted by Gasteiger charge is 2.35. The molecule has 0 aromatic carbocycles. The van der Waals surface area contributed by atoms with Crippen LogP contribution >= 0.6 is 0 Å². The van der Waals surface area contributed by atoms with Crippen LogP contribution in [0.3, 0.4) is 0 Å². The largest absolute Gasteiger partial charge is 0.451 e. The number of amides is 1. The number of hydrogen-bond acceptors (Lipinski definition) is 4. The predicted molar refractivity (Wildman–Crippen MR) is 62.0 cm³/mol. The standard InChI is InChI=1S/C10H11F3N6O/c1-3-19-6(4-5(2)18-19)7(20)14-9-15-8(16-17-9)10(11,12)13/h4H,3H2,1-2H3,(H2,14,15,16,17,20). The number of nitrogens with one attached hydrogen (secondary N) is 2. The fraction of sp³-hybridized carbons (Fsp3) is 0.400. The Bertz CT molecular complexity index is 629. The van der Waals surface area contributed by atoms with Crippen molar-refractivity contribution in [1.82, 2.24) is 25.0 Å². The number of alkyl halides is 3. The number of aromatic amines is 1. The first kappa shape index (κ1) is 14.0. The van der Waals surface area contributed by atoms with Gasteiger partial charge >= 0.3 is 6.18 Å². The molecule has 10 heteroatoms. The molecule has 0 spiro atoms. The molecule has 7 nitrogen and oxygen atoms in total. The van der Waals surface area contributed by atoms with Crippen molar-refractivity contribution in [2.24, 2.45) is 0 Å². The molecule has 0 saturated heterocycles. The van der Waals surface area contributed by atoms with Crippen LogP contribution in [0.25, 0.3) is 0 Å². The molecule has 0 bridgehead atoms. The molecule has 0 aliphatic rings. The second kappa shape index (κ2) is 4.94. The highest BCUT2D eigenvalue weighted by atomic mass is 19.4. The Morgan fingerprint density at radius 2 is 2.20 bits per heavy atom. The summed E-state index contributed by atoms with van der Waals surface area (Å²) in [5.74, 6) is -2.34. The van der Waals surface area contributed by atoms with Crippen molar-refractivity contribution in [2.75, 3.05) is 5.32 Å². The fourth-order valence-electron chi connectivity index (χ4n) is 1.58. The average Bonchev–Trinajstić information content (AvgIpc) is 2.94. The van der Waals surface area contributed by atoms with Gasteiger partial charge in [-0.15, -0.1) is 5.10 Å².